The van der Waals surface area contributed by atoms with Crippen molar-refractivity contribution in [3.05, 3.63) is 48.7 Å². The lowest BCUT2D eigenvalue weighted by molar-refractivity contribution is 0.256. The zero-order chi connectivity index (χ0) is 12.8. The molecule has 2 amide bonds. The molecule has 1 aromatic carbocycles. The van der Waals surface area contributed by atoms with Crippen molar-refractivity contribution in [3.63, 3.8) is 0 Å². The second-order valence-electron chi connectivity index (χ2n) is 3.42. The topological polar surface area (TPSA) is 90.2 Å². The van der Waals surface area contributed by atoms with E-state index in [1.807, 2.05) is 18.2 Å². The first kappa shape index (κ1) is 11.7. The number of nitrogens with one attached hydrogen (secondary N) is 4. The number of carbonyl (C=O) groups excluding carboxylic acids is 1. The summed E-state index contributed by atoms with van der Waals surface area (Å²) in [5.41, 5.74) is 0.654. The predicted molar refractivity (Wildman–Crippen MR) is 68.7 cm³/mol. The lowest BCUT2D eigenvalue weighted by Crippen LogP contribution is -2.37. The molecule has 2 rings (SSSR count). The zero-order valence-corrected chi connectivity index (χ0v) is 9.44. The molecule has 0 unspecified atom stereocenters. The molecule has 18 heavy (non-hydrogen) atoms. The van der Waals surface area contributed by atoms with E-state index >= 15 is 0 Å². The Bertz CT molecular complexity index is 522. The van der Waals surface area contributed by atoms with Crippen molar-refractivity contribution in [3.8, 4) is 0 Å². The summed E-state index contributed by atoms with van der Waals surface area (Å²) < 4.78 is 4.98. The molecule has 0 aliphatic rings. The lowest BCUT2D eigenvalue weighted by Gasteiger charge is -2.08. The highest BCUT2D eigenvalue weighted by Crippen LogP contribution is 2.06. The van der Waals surface area contributed by atoms with Crippen LogP contribution in [0.3, 0.4) is 0 Å². The first-order chi connectivity index (χ1) is 8.74. The third kappa shape index (κ3) is 3.38. The summed E-state index contributed by atoms with van der Waals surface area (Å²) in [7, 11) is 0. The quantitative estimate of drug-likeness (QED) is 0.483. The number of para-hydroxylation sites is 1. The van der Waals surface area contributed by atoms with E-state index < -0.39 is 6.03 Å². The molecule has 0 bridgehead atoms. The van der Waals surface area contributed by atoms with Gasteiger partial charge in [0.05, 0.1) is 6.26 Å². The number of rotatable bonds is 2. The van der Waals surface area contributed by atoms with Crippen LogP contribution in [0.4, 0.5) is 16.4 Å². The van der Waals surface area contributed by atoms with Gasteiger partial charge in [0.2, 0.25) is 5.96 Å². The van der Waals surface area contributed by atoms with Crippen LogP contribution < -0.4 is 16.0 Å². The Balaban J connectivity index is 1.82. The molecule has 0 radical (unpaired) electrons. The van der Waals surface area contributed by atoms with E-state index in [0.717, 1.165) is 0 Å². The van der Waals surface area contributed by atoms with Gasteiger partial charge < -0.3 is 9.73 Å². The Kier molecular flexibility index (Phi) is 3.60. The minimum Gasteiger partial charge on any atom is -0.449 e. The molecule has 4 N–H and O–H groups in total. The second kappa shape index (κ2) is 5.53. The minimum absolute atomic E-state index is 0.168. The fourth-order valence-corrected chi connectivity index (χ4v) is 1.30. The van der Waals surface area contributed by atoms with Gasteiger partial charge in [0.1, 0.15) is 0 Å². The van der Waals surface area contributed by atoms with Gasteiger partial charge in [-0.1, -0.05) is 18.2 Å². The van der Waals surface area contributed by atoms with Crippen molar-refractivity contribution in [1.82, 2.24) is 5.32 Å². The molecule has 1 aromatic heterocycles. The summed E-state index contributed by atoms with van der Waals surface area (Å²) >= 11 is 0. The Hall–Kier alpha value is -2.76. The lowest BCUT2D eigenvalue weighted by atomic mass is 10.3. The van der Waals surface area contributed by atoms with Crippen LogP contribution in [0.5, 0.6) is 0 Å². The minimum atomic E-state index is -0.495. The molecule has 0 saturated heterocycles. The normalized spacial score (nSPS) is 9.56. The summed E-state index contributed by atoms with van der Waals surface area (Å²) in [5.74, 6) is 0.221. The number of hydrogen-bond donors (Lipinski definition) is 4. The van der Waals surface area contributed by atoms with E-state index in [1.54, 1.807) is 24.3 Å². The monoisotopic (exact) mass is 244 g/mol. The molecule has 0 aliphatic heterocycles. The summed E-state index contributed by atoms with van der Waals surface area (Å²) in [6.07, 6.45) is 1.47. The number of anilines is 2. The van der Waals surface area contributed by atoms with Crippen LogP contribution in [0.25, 0.3) is 0 Å². The van der Waals surface area contributed by atoms with Crippen LogP contribution in [0, 0.1) is 5.41 Å². The van der Waals surface area contributed by atoms with Crippen molar-refractivity contribution in [2.24, 2.45) is 0 Å². The van der Waals surface area contributed by atoms with Crippen molar-refractivity contribution >= 4 is 23.6 Å². The van der Waals surface area contributed by atoms with Gasteiger partial charge in [-0.25, -0.2) is 4.79 Å². The molecule has 6 heteroatoms. The van der Waals surface area contributed by atoms with Crippen molar-refractivity contribution in [1.29, 1.82) is 5.41 Å². The van der Waals surface area contributed by atoms with Crippen LogP contribution in [0.15, 0.2) is 53.1 Å². The molecule has 92 valence electrons. The fraction of sp³-hybridized carbons (Fsp3) is 0. The molecule has 0 aliphatic carbocycles. The van der Waals surface area contributed by atoms with E-state index in [9.17, 15) is 4.79 Å². The molecule has 6 nitrogen and oxygen atoms in total. The molecule has 0 atom stereocenters. The SMILES string of the molecule is N=C(NC(=O)Nc1ccccc1)Nc1ccco1. The fourth-order valence-electron chi connectivity index (χ4n) is 1.30. The Morgan fingerprint density at radius 1 is 1.06 bits per heavy atom. The number of benzene rings is 1. The number of guanidine groups is 1. The first-order valence-corrected chi connectivity index (χ1v) is 5.26. The standard InChI is InChI=1S/C12H12N4O2/c13-11(15-10-7-4-8-18-10)16-12(17)14-9-5-2-1-3-6-9/h1-8H,(H4,13,14,15,16,17). The van der Waals surface area contributed by atoms with E-state index in [2.05, 4.69) is 16.0 Å². The number of hydrogen-bond acceptors (Lipinski definition) is 3. The molecular formula is C12H12N4O2. The van der Waals surface area contributed by atoms with Crippen molar-refractivity contribution in [2.45, 2.75) is 0 Å². The summed E-state index contributed by atoms with van der Waals surface area (Å²) in [4.78, 5) is 11.5. The van der Waals surface area contributed by atoms with Gasteiger partial charge in [0.25, 0.3) is 0 Å². The Morgan fingerprint density at radius 2 is 1.83 bits per heavy atom. The third-order valence-electron chi connectivity index (χ3n) is 2.04. The largest absolute Gasteiger partial charge is 0.449 e. The van der Waals surface area contributed by atoms with Crippen molar-refractivity contribution in [2.75, 3.05) is 10.6 Å². The van der Waals surface area contributed by atoms with Gasteiger partial charge in [-0.05, 0) is 18.2 Å². The van der Waals surface area contributed by atoms with Gasteiger partial charge >= 0.3 is 6.03 Å². The maximum atomic E-state index is 11.5. The number of furan rings is 1. The van der Waals surface area contributed by atoms with E-state index in [0.29, 0.717) is 11.6 Å². The second-order valence-corrected chi connectivity index (χ2v) is 3.42. The molecular weight excluding hydrogens is 232 g/mol. The Labute approximate surface area is 104 Å². The zero-order valence-electron chi connectivity index (χ0n) is 9.44. The average Bonchev–Trinajstić information content (AvgIpc) is 2.82. The molecule has 1 heterocycles. The van der Waals surface area contributed by atoms with Gasteiger partial charge in [0.15, 0.2) is 5.88 Å². The van der Waals surface area contributed by atoms with Crippen LogP contribution in [-0.4, -0.2) is 12.0 Å². The van der Waals surface area contributed by atoms with Crippen LogP contribution in [-0.2, 0) is 0 Å². The third-order valence-corrected chi connectivity index (χ3v) is 2.04. The Morgan fingerprint density at radius 3 is 2.50 bits per heavy atom. The number of urea groups is 1. The highest BCUT2D eigenvalue weighted by Gasteiger charge is 2.05. The maximum Gasteiger partial charge on any atom is 0.325 e. The van der Waals surface area contributed by atoms with Crippen molar-refractivity contribution < 1.29 is 9.21 Å². The summed E-state index contributed by atoms with van der Waals surface area (Å²) in [6, 6.07) is 11.8. The molecule has 0 spiro atoms. The predicted octanol–water partition coefficient (Wildman–Crippen LogP) is 2.45. The number of amides is 2. The van der Waals surface area contributed by atoms with E-state index in [1.165, 1.54) is 6.26 Å². The van der Waals surface area contributed by atoms with Gasteiger partial charge in [-0.15, -0.1) is 0 Å². The highest BCUT2D eigenvalue weighted by atomic mass is 16.3. The van der Waals surface area contributed by atoms with Crippen LogP contribution in [0.1, 0.15) is 0 Å². The first-order valence-electron chi connectivity index (χ1n) is 5.26. The molecule has 0 saturated carbocycles. The average molecular weight is 244 g/mol. The van der Waals surface area contributed by atoms with E-state index in [4.69, 9.17) is 9.83 Å². The summed E-state index contributed by atoms with van der Waals surface area (Å²) in [5, 5.41) is 15.0. The maximum absolute atomic E-state index is 11.5. The molecule has 0 fully saturated rings. The van der Waals surface area contributed by atoms with E-state index in [-0.39, 0.29) is 5.96 Å². The number of carbonyl (C=O) groups is 1. The highest BCUT2D eigenvalue weighted by molar-refractivity contribution is 6.05. The van der Waals surface area contributed by atoms with Gasteiger partial charge in [-0.2, -0.15) is 0 Å². The van der Waals surface area contributed by atoms with Gasteiger partial charge in [-0.3, -0.25) is 16.0 Å². The van der Waals surface area contributed by atoms with Crippen LogP contribution in [0.2, 0.25) is 0 Å². The molecule has 2 aromatic rings. The smallest absolute Gasteiger partial charge is 0.325 e. The van der Waals surface area contributed by atoms with Crippen LogP contribution >= 0.6 is 0 Å². The van der Waals surface area contributed by atoms with Gasteiger partial charge in [0, 0.05) is 11.8 Å². The summed E-state index contributed by atoms with van der Waals surface area (Å²) in [6.45, 7) is 0.